The van der Waals surface area contributed by atoms with Crippen molar-refractivity contribution in [1.82, 2.24) is 10.2 Å². The fraction of sp³-hybridized carbons (Fsp3) is 0.143. The van der Waals surface area contributed by atoms with Crippen LogP contribution in [-0.2, 0) is 14.4 Å². The van der Waals surface area contributed by atoms with Gasteiger partial charge in [0.05, 0.1) is 17.3 Å². The molecule has 0 bridgehead atoms. The van der Waals surface area contributed by atoms with Crippen molar-refractivity contribution in [2.75, 3.05) is 30.9 Å². The molecule has 4 rings (SSSR count). The number of nitrogens with one attached hydrogen (secondary N) is 3. The van der Waals surface area contributed by atoms with E-state index in [0.29, 0.717) is 20.6 Å². The van der Waals surface area contributed by atoms with E-state index in [4.69, 9.17) is 9.47 Å². The Kier molecular flexibility index (Phi) is 8.80. The van der Waals surface area contributed by atoms with Crippen LogP contribution in [0.5, 0.6) is 11.5 Å². The number of imide groups is 1. The third kappa shape index (κ3) is 6.83. The first-order valence-electron chi connectivity index (χ1n) is 11.9. The predicted molar refractivity (Wildman–Crippen MR) is 149 cm³/mol. The van der Waals surface area contributed by atoms with Gasteiger partial charge in [-0.2, -0.15) is 0 Å². The van der Waals surface area contributed by atoms with E-state index in [-0.39, 0.29) is 35.4 Å². The number of hydrogen-bond acceptors (Lipinski definition) is 6. The smallest absolute Gasteiger partial charge is 0.329 e. The molecule has 5 amide bonds. The fourth-order valence-corrected chi connectivity index (χ4v) is 4.29. The first-order valence-corrected chi connectivity index (χ1v) is 12.7. The number of nitrogens with zero attached hydrogens (tertiary/aromatic N) is 1. The molecule has 3 aromatic carbocycles. The van der Waals surface area contributed by atoms with Crippen molar-refractivity contribution >= 4 is 57.1 Å². The van der Waals surface area contributed by atoms with Gasteiger partial charge in [-0.1, -0.05) is 29.8 Å². The van der Waals surface area contributed by atoms with Gasteiger partial charge in [-0.15, -0.1) is 0 Å². The normalized spacial score (nSPS) is 13.7. The van der Waals surface area contributed by atoms with Gasteiger partial charge in [0.15, 0.2) is 18.1 Å². The Bertz CT molecular complexity index is 1510. The lowest BCUT2D eigenvalue weighted by molar-refractivity contribution is -0.127. The minimum atomic E-state index is -0.800. The van der Waals surface area contributed by atoms with Gasteiger partial charge in [0.1, 0.15) is 18.1 Å². The standard InChI is InChI=1S/C28H24BrFN4O6/c1-16-7-9-18(10-8-16)31-25(36)15-40-26-19(29)11-17(13-23(26)39-2)12-22-27(37)34(28(38)33-22)14-24(35)32-21-6-4-3-5-20(21)30/h3-13H,14-15H2,1-2H3,(H,31,36)(H,32,35)(H,33,38)/b22-12+. The lowest BCUT2D eigenvalue weighted by Gasteiger charge is -2.14. The summed E-state index contributed by atoms with van der Waals surface area (Å²) in [5.74, 6) is -1.97. The molecule has 0 spiro atoms. The molecule has 3 N–H and O–H groups in total. The Morgan fingerprint density at radius 2 is 1.77 bits per heavy atom. The number of para-hydroxylation sites is 1. The summed E-state index contributed by atoms with van der Waals surface area (Å²) in [5.41, 5.74) is 2.01. The van der Waals surface area contributed by atoms with Gasteiger partial charge in [0.25, 0.3) is 11.8 Å². The molecular weight excluding hydrogens is 587 g/mol. The quantitative estimate of drug-likeness (QED) is 0.243. The molecule has 206 valence electrons. The molecular formula is C28H24BrFN4O6. The van der Waals surface area contributed by atoms with E-state index in [0.717, 1.165) is 5.56 Å². The maximum absolute atomic E-state index is 13.8. The van der Waals surface area contributed by atoms with Crippen molar-refractivity contribution in [3.05, 3.63) is 87.8 Å². The third-order valence-corrected chi connectivity index (χ3v) is 6.25. The molecule has 0 saturated carbocycles. The number of amides is 5. The number of benzene rings is 3. The van der Waals surface area contributed by atoms with Crippen LogP contribution in [0.4, 0.5) is 20.6 Å². The SMILES string of the molecule is COc1cc(/C=C2/NC(=O)N(CC(=O)Nc3ccccc3F)C2=O)cc(Br)c1OCC(=O)Nc1ccc(C)cc1. The Morgan fingerprint density at radius 3 is 2.48 bits per heavy atom. The van der Waals surface area contributed by atoms with Crippen molar-refractivity contribution in [2.24, 2.45) is 0 Å². The van der Waals surface area contributed by atoms with Crippen LogP contribution in [0, 0.1) is 12.7 Å². The number of anilines is 2. The van der Waals surface area contributed by atoms with Crippen LogP contribution >= 0.6 is 15.9 Å². The number of methoxy groups -OCH3 is 1. The molecule has 1 aliphatic rings. The number of carbonyl (C=O) groups excluding carboxylic acids is 4. The van der Waals surface area contributed by atoms with Crippen LogP contribution in [0.3, 0.4) is 0 Å². The van der Waals surface area contributed by atoms with E-state index < -0.39 is 30.2 Å². The summed E-state index contributed by atoms with van der Waals surface area (Å²) in [4.78, 5) is 50.6. The zero-order valence-electron chi connectivity index (χ0n) is 21.4. The summed E-state index contributed by atoms with van der Waals surface area (Å²) in [6.07, 6.45) is 1.40. The highest BCUT2D eigenvalue weighted by atomic mass is 79.9. The molecule has 1 saturated heterocycles. The van der Waals surface area contributed by atoms with Gasteiger partial charge in [-0.3, -0.25) is 14.4 Å². The van der Waals surface area contributed by atoms with Gasteiger partial charge in [0.2, 0.25) is 5.91 Å². The molecule has 0 atom stereocenters. The Morgan fingerprint density at radius 1 is 1.05 bits per heavy atom. The maximum atomic E-state index is 13.8. The molecule has 0 aromatic heterocycles. The summed E-state index contributed by atoms with van der Waals surface area (Å²) in [5, 5.41) is 7.50. The first kappa shape index (κ1) is 28.3. The van der Waals surface area contributed by atoms with Gasteiger partial charge in [-0.05, 0) is 70.9 Å². The second-order valence-corrected chi connectivity index (χ2v) is 9.50. The zero-order chi connectivity index (χ0) is 28.8. The van der Waals surface area contributed by atoms with Gasteiger partial charge < -0.3 is 25.4 Å². The minimum Gasteiger partial charge on any atom is -0.493 e. The average molecular weight is 611 g/mol. The van der Waals surface area contributed by atoms with Crippen molar-refractivity contribution in [3.63, 3.8) is 0 Å². The topological polar surface area (TPSA) is 126 Å². The van der Waals surface area contributed by atoms with Crippen molar-refractivity contribution in [1.29, 1.82) is 0 Å². The van der Waals surface area contributed by atoms with Crippen molar-refractivity contribution in [3.8, 4) is 11.5 Å². The number of carbonyl (C=O) groups is 4. The van der Waals surface area contributed by atoms with Crippen LogP contribution in [0.15, 0.2) is 70.8 Å². The zero-order valence-corrected chi connectivity index (χ0v) is 23.0. The molecule has 0 unspecified atom stereocenters. The van der Waals surface area contributed by atoms with Crippen molar-refractivity contribution < 1.29 is 33.0 Å². The van der Waals surface area contributed by atoms with Crippen molar-refractivity contribution in [2.45, 2.75) is 6.92 Å². The lowest BCUT2D eigenvalue weighted by atomic mass is 10.1. The molecule has 3 aromatic rings. The number of aryl methyl sites for hydroxylation is 1. The second-order valence-electron chi connectivity index (χ2n) is 8.64. The first-order chi connectivity index (χ1) is 19.1. The molecule has 1 fully saturated rings. The van der Waals surface area contributed by atoms with Crippen LogP contribution in [0.25, 0.3) is 6.08 Å². The highest BCUT2D eigenvalue weighted by Gasteiger charge is 2.35. The summed E-state index contributed by atoms with van der Waals surface area (Å²) >= 11 is 3.39. The number of rotatable bonds is 9. The molecule has 1 aliphatic heterocycles. The summed E-state index contributed by atoms with van der Waals surface area (Å²) in [6.45, 7) is 1.04. The Labute approximate surface area is 237 Å². The van der Waals surface area contributed by atoms with E-state index in [1.165, 1.54) is 37.5 Å². The maximum Gasteiger partial charge on any atom is 0.329 e. The molecule has 12 heteroatoms. The van der Waals surface area contributed by atoms with Crippen LogP contribution < -0.4 is 25.4 Å². The predicted octanol–water partition coefficient (Wildman–Crippen LogP) is 4.45. The molecule has 1 heterocycles. The summed E-state index contributed by atoms with van der Waals surface area (Å²) < 4.78 is 25.3. The van der Waals surface area contributed by atoms with E-state index in [9.17, 15) is 23.6 Å². The summed E-state index contributed by atoms with van der Waals surface area (Å²) in [7, 11) is 1.41. The highest BCUT2D eigenvalue weighted by molar-refractivity contribution is 9.10. The third-order valence-electron chi connectivity index (χ3n) is 5.66. The molecule has 0 aliphatic carbocycles. The Hall–Kier alpha value is -4.71. The largest absolute Gasteiger partial charge is 0.493 e. The number of hydrogen-bond donors (Lipinski definition) is 3. The number of urea groups is 1. The second kappa shape index (κ2) is 12.4. The monoisotopic (exact) mass is 610 g/mol. The van der Waals surface area contributed by atoms with E-state index in [1.807, 2.05) is 19.1 Å². The van der Waals surface area contributed by atoms with Gasteiger partial charge in [0, 0.05) is 5.69 Å². The Balaban J connectivity index is 1.42. The van der Waals surface area contributed by atoms with E-state index in [1.54, 1.807) is 24.3 Å². The van der Waals surface area contributed by atoms with Gasteiger partial charge >= 0.3 is 6.03 Å². The van der Waals surface area contributed by atoms with E-state index >= 15 is 0 Å². The van der Waals surface area contributed by atoms with Crippen LogP contribution in [-0.4, -0.2) is 48.9 Å². The minimum absolute atomic E-state index is 0.0674. The van der Waals surface area contributed by atoms with E-state index in [2.05, 4.69) is 31.9 Å². The molecule has 40 heavy (non-hydrogen) atoms. The highest BCUT2D eigenvalue weighted by Crippen LogP contribution is 2.37. The molecule has 0 radical (unpaired) electrons. The number of ether oxygens (including phenoxy) is 2. The fourth-order valence-electron chi connectivity index (χ4n) is 3.71. The average Bonchev–Trinajstić information content (AvgIpc) is 3.17. The van der Waals surface area contributed by atoms with Gasteiger partial charge in [-0.25, -0.2) is 14.1 Å². The molecule has 10 nitrogen and oxygen atoms in total. The van der Waals surface area contributed by atoms with Crippen LogP contribution in [0.2, 0.25) is 0 Å². The summed E-state index contributed by atoms with van der Waals surface area (Å²) in [6, 6.07) is 15.2. The van der Waals surface area contributed by atoms with Crippen LogP contribution in [0.1, 0.15) is 11.1 Å². The lowest BCUT2D eigenvalue weighted by Crippen LogP contribution is -2.38. The number of halogens is 2.